The molecule has 1 fully saturated rings. The van der Waals surface area contributed by atoms with Crippen molar-refractivity contribution in [2.75, 3.05) is 11.9 Å². The number of benzene rings is 1. The summed E-state index contributed by atoms with van der Waals surface area (Å²) in [6.07, 6.45) is 5.41. The number of hydrogen-bond acceptors (Lipinski definition) is 4. The van der Waals surface area contributed by atoms with Crippen LogP contribution in [0.15, 0.2) is 24.4 Å². The highest BCUT2D eigenvalue weighted by atomic mass is 32.1. The van der Waals surface area contributed by atoms with E-state index in [9.17, 15) is 13.6 Å². The predicted octanol–water partition coefficient (Wildman–Crippen LogP) is 4.05. The molecule has 1 amide bonds. The molecule has 0 aliphatic carbocycles. The normalized spacial score (nSPS) is 18.5. The summed E-state index contributed by atoms with van der Waals surface area (Å²) in [5.74, 6) is -2.22. The van der Waals surface area contributed by atoms with Gasteiger partial charge in [0.25, 0.3) is 5.91 Å². The van der Waals surface area contributed by atoms with E-state index in [0.29, 0.717) is 17.2 Å². The van der Waals surface area contributed by atoms with E-state index in [4.69, 9.17) is 0 Å². The smallest absolute Gasteiger partial charge is 0.260 e. The Balaban J connectivity index is 1.64. The maximum atomic E-state index is 13.6. The zero-order valence-electron chi connectivity index (χ0n) is 13.4. The number of thiazole rings is 1. The van der Waals surface area contributed by atoms with Crippen molar-refractivity contribution >= 4 is 22.4 Å². The van der Waals surface area contributed by atoms with Crippen molar-refractivity contribution in [1.82, 2.24) is 9.88 Å². The molecule has 0 spiro atoms. The molecule has 1 atom stereocenters. The minimum Gasteiger partial charge on any atom is -0.298 e. The third kappa shape index (κ3) is 3.96. The summed E-state index contributed by atoms with van der Waals surface area (Å²) >= 11 is 1.38. The molecule has 2 aromatic rings. The number of likely N-dealkylation sites (tertiary alicyclic amines) is 1. The Kier molecular flexibility index (Phi) is 5.20. The lowest BCUT2D eigenvalue weighted by Gasteiger charge is -2.32. The summed E-state index contributed by atoms with van der Waals surface area (Å²) in [7, 11) is 0. The van der Waals surface area contributed by atoms with Crippen LogP contribution in [0.4, 0.5) is 13.9 Å². The number of amides is 1. The lowest BCUT2D eigenvalue weighted by atomic mass is 10.0. The molecule has 1 aromatic heterocycles. The van der Waals surface area contributed by atoms with Crippen LogP contribution in [0.2, 0.25) is 0 Å². The van der Waals surface area contributed by atoms with Crippen molar-refractivity contribution in [3.63, 3.8) is 0 Å². The molecular weight excluding hydrogens is 332 g/mol. The van der Waals surface area contributed by atoms with Gasteiger partial charge in [0.05, 0.1) is 5.56 Å². The highest BCUT2D eigenvalue weighted by molar-refractivity contribution is 7.15. The molecule has 4 nitrogen and oxygen atoms in total. The standard InChI is InChI=1S/C17H19F2N3OS/c1-11-4-2-3-7-22(11)10-13-9-20-17(24-13)21-16(23)14-6-5-12(18)8-15(14)19/h5-6,8-9,11H,2-4,7,10H2,1H3,(H,20,21,23). The van der Waals surface area contributed by atoms with Crippen molar-refractivity contribution in [2.24, 2.45) is 0 Å². The predicted molar refractivity (Wildman–Crippen MR) is 90.1 cm³/mol. The summed E-state index contributed by atoms with van der Waals surface area (Å²) in [5, 5.41) is 2.99. The highest BCUT2D eigenvalue weighted by Crippen LogP contribution is 2.24. The van der Waals surface area contributed by atoms with Gasteiger partial charge in [-0.3, -0.25) is 15.0 Å². The van der Waals surface area contributed by atoms with E-state index >= 15 is 0 Å². The van der Waals surface area contributed by atoms with Gasteiger partial charge in [-0.25, -0.2) is 13.8 Å². The van der Waals surface area contributed by atoms with Gasteiger partial charge < -0.3 is 0 Å². The summed E-state index contributed by atoms with van der Waals surface area (Å²) < 4.78 is 26.5. The third-order valence-corrected chi connectivity index (χ3v) is 5.15. The second kappa shape index (κ2) is 7.36. The molecule has 1 aliphatic heterocycles. The fourth-order valence-electron chi connectivity index (χ4n) is 2.87. The van der Waals surface area contributed by atoms with Gasteiger partial charge in [0.1, 0.15) is 11.6 Å². The SMILES string of the molecule is CC1CCCCN1Cc1cnc(NC(=O)c2ccc(F)cc2F)s1. The minimum atomic E-state index is -0.883. The van der Waals surface area contributed by atoms with Crippen LogP contribution in [0.5, 0.6) is 0 Å². The van der Waals surface area contributed by atoms with Crippen LogP contribution >= 0.6 is 11.3 Å². The van der Waals surface area contributed by atoms with Crippen LogP contribution in [0.25, 0.3) is 0 Å². The van der Waals surface area contributed by atoms with Crippen molar-refractivity contribution in [3.05, 3.63) is 46.5 Å². The lowest BCUT2D eigenvalue weighted by molar-refractivity contribution is 0.102. The van der Waals surface area contributed by atoms with E-state index in [1.165, 1.54) is 30.6 Å². The molecule has 24 heavy (non-hydrogen) atoms. The third-order valence-electron chi connectivity index (χ3n) is 4.25. The number of carbonyl (C=O) groups is 1. The van der Waals surface area contributed by atoms with Gasteiger partial charge in [0.2, 0.25) is 0 Å². The van der Waals surface area contributed by atoms with Gasteiger partial charge in [-0.1, -0.05) is 6.42 Å². The van der Waals surface area contributed by atoms with Crippen LogP contribution in [-0.4, -0.2) is 28.4 Å². The van der Waals surface area contributed by atoms with E-state index in [2.05, 4.69) is 22.1 Å². The molecule has 1 aromatic carbocycles. The molecule has 2 heterocycles. The summed E-state index contributed by atoms with van der Waals surface area (Å²) in [6, 6.07) is 3.43. The average Bonchev–Trinajstić information content (AvgIpc) is 2.96. The van der Waals surface area contributed by atoms with E-state index in [-0.39, 0.29) is 5.56 Å². The van der Waals surface area contributed by atoms with Gasteiger partial charge in [-0.05, 0) is 38.4 Å². The fourth-order valence-corrected chi connectivity index (χ4v) is 3.70. The first kappa shape index (κ1) is 17.0. The first-order valence-electron chi connectivity index (χ1n) is 7.98. The highest BCUT2D eigenvalue weighted by Gasteiger charge is 2.20. The Morgan fingerprint density at radius 3 is 3.00 bits per heavy atom. The van der Waals surface area contributed by atoms with Gasteiger partial charge in [0, 0.05) is 29.7 Å². The van der Waals surface area contributed by atoms with Crippen LogP contribution in [-0.2, 0) is 6.54 Å². The lowest BCUT2D eigenvalue weighted by Crippen LogP contribution is -2.36. The maximum Gasteiger partial charge on any atom is 0.260 e. The number of anilines is 1. The molecule has 128 valence electrons. The monoisotopic (exact) mass is 351 g/mol. The minimum absolute atomic E-state index is 0.196. The van der Waals surface area contributed by atoms with Crippen LogP contribution in [0, 0.1) is 11.6 Å². The number of piperidine rings is 1. The zero-order chi connectivity index (χ0) is 17.1. The second-order valence-electron chi connectivity index (χ2n) is 6.03. The number of aromatic nitrogens is 1. The largest absolute Gasteiger partial charge is 0.298 e. The van der Waals surface area contributed by atoms with Gasteiger partial charge in [-0.2, -0.15) is 0 Å². The Morgan fingerprint density at radius 2 is 2.25 bits per heavy atom. The molecule has 1 saturated heterocycles. The quantitative estimate of drug-likeness (QED) is 0.904. The molecule has 1 aliphatic rings. The number of hydrogen-bond donors (Lipinski definition) is 1. The molecule has 0 saturated carbocycles. The first-order chi connectivity index (χ1) is 11.5. The van der Waals surface area contributed by atoms with Crippen molar-refractivity contribution < 1.29 is 13.6 Å². The van der Waals surface area contributed by atoms with Crippen molar-refractivity contribution in [1.29, 1.82) is 0 Å². The van der Waals surface area contributed by atoms with E-state index in [1.54, 1.807) is 6.20 Å². The van der Waals surface area contributed by atoms with E-state index in [0.717, 1.165) is 30.1 Å². The van der Waals surface area contributed by atoms with Crippen molar-refractivity contribution in [3.8, 4) is 0 Å². The van der Waals surface area contributed by atoms with Crippen LogP contribution in [0.3, 0.4) is 0 Å². The van der Waals surface area contributed by atoms with Gasteiger partial charge in [0.15, 0.2) is 5.13 Å². The van der Waals surface area contributed by atoms with E-state index < -0.39 is 17.5 Å². The number of carbonyl (C=O) groups excluding carboxylic acids is 1. The van der Waals surface area contributed by atoms with Crippen molar-refractivity contribution in [2.45, 2.75) is 38.8 Å². The Labute approximate surface area is 143 Å². The fraction of sp³-hybridized carbons (Fsp3) is 0.412. The average molecular weight is 351 g/mol. The number of nitrogens with one attached hydrogen (secondary N) is 1. The van der Waals surface area contributed by atoms with Crippen LogP contribution < -0.4 is 5.32 Å². The molecule has 3 rings (SSSR count). The Hall–Kier alpha value is -1.86. The molecule has 1 unspecified atom stereocenters. The topological polar surface area (TPSA) is 45.2 Å². The Bertz CT molecular complexity index is 734. The second-order valence-corrected chi connectivity index (χ2v) is 7.14. The number of nitrogens with zero attached hydrogens (tertiary/aromatic N) is 2. The maximum absolute atomic E-state index is 13.6. The van der Waals surface area contributed by atoms with E-state index in [1.807, 2.05) is 0 Å². The van der Waals surface area contributed by atoms with Gasteiger partial charge >= 0.3 is 0 Å². The molecule has 7 heteroatoms. The molecule has 0 bridgehead atoms. The number of halogens is 2. The molecule has 1 N–H and O–H groups in total. The zero-order valence-corrected chi connectivity index (χ0v) is 14.2. The van der Waals surface area contributed by atoms with Crippen LogP contribution in [0.1, 0.15) is 41.4 Å². The van der Waals surface area contributed by atoms with Gasteiger partial charge in [-0.15, -0.1) is 11.3 Å². The summed E-state index contributed by atoms with van der Waals surface area (Å²) in [6.45, 7) is 4.10. The molecule has 0 radical (unpaired) electrons. The molecular formula is C17H19F2N3OS. The first-order valence-corrected chi connectivity index (χ1v) is 8.80. The number of rotatable bonds is 4. The Morgan fingerprint density at radius 1 is 1.42 bits per heavy atom. The summed E-state index contributed by atoms with van der Waals surface area (Å²) in [5.41, 5.74) is -0.196. The summed E-state index contributed by atoms with van der Waals surface area (Å²) in [4.78, 5) is 19.7.